The van der Waals surface area contributed by atoms with Gasteiger partial charge in [0.1, 0.15) is 0 Å². The van der Waals surface area contributed by atoms with Gasteiger partial charge >= 0.3 is 0 Å². The van der Waals surface area contributed by atoms with Gasteiger partial charge in [0.25, 0.3) is 5.56 Å². The highest BCUT2D eigenvalue weighted by molar-refractivity contribution is 5.78. The summed E-state index contributed by atoms with van der Waals surface area (Å²) in [5, 5.41) is 3.76. The van der Waals surface area contributed by atoms with Crippen LogP contribution in [-0.2, 0) is 0 Å². The van der Waals surface area contributed by atoms with Gasteiger partial charge in [-0.05, 0) is 32.9 Å². The van der Waals surface area contributed by atoms with Gasteiger partial charge in [-0.3, -0.25) is 9.78 Å². The lowest BCUT2D eigenvalue weighted by Gasteiger charge is -2.20. The highest BCUT2D eigenvalue weighted by Gasteiger charge is 2.11. The number of hydrogen-bond acceptors (Lipinski definition) is 3. The van der Waals surface area contributed by atoms with Crippen LogP contribution in [0.15, 0.2) is 29.1 Å². The number of para-hydroxylation sites is 1. The third-order valence-corrected chi connectivity index (χ3v) is 2.11. The van der Waals surface area contributed by atoms with Crippen molar-refractivity contribution in [2.45, 2.75) is 26.3 Å². The third kappa shape index (κ3) is 2.21. The van der Waals surface area contributed by atoms with Crippen LogP contribution in [0.5, 0.6) is 0 Å². The van der Waals surface area contributed by atoms with Crippen molar-refractivity contribution in [1.29, 1.82) is 0 Å². The molecular formula is C12H15N3O. The van der Waals surface area contributed by atoms with Gasteiger partial charge in [0, 0.05) is 5.54 Å². The number of nitrogens with one attached hydrogen (secondary N) is 2. The van der Waals surface area contributed by atoms with E-state index in [1.807, 2.05) is 39.0 Å². The van der Waals surface area contributed by atoms with Crippen molar-refractivity contribution in [3.63, 3.8) is 0 Å². The zero-order valence-corrected chi connectivity index (χ0v) is 9.66. The van der Waals surface area contributed by atoms with Crippen molar-refractivity contribution in [3.8, 4) is 0 Å². The van der Waals surface area contributed by atoms with Crippen molar-refractivity contribution in [2.75, 3.05) is 5.32 Å². The molecule has 4 heteroatoms. The summed E-state index contributed by atoms with van der Waals surface area (Å²) >= 11 is 0. The smallest absolute Gasteiger partial charge is 0.260 e. The second-order valence-electron chi connectivity index (χ2n) is 4.81. The summed E-state index contributed by atoms with van der Waals surface area (Å²) in [4.78, 5) is 18.8. The number of hydrogen-bond donors (Lipinski definition) is 2. The molecular weight excluding hydrogens is 202 g/mol. The van der Waals surface area contributed by atoms with E-state index in [1.165, 1.54) is 0 Å². The molecule has 1 heterocycles. The molecule has 1 aromatic heterocycles. The van der Waals surface area contributed by atoms with Crippen molar-refractivity contribution >= 4 is 16.9 Å². The number of benzene rings is 1. The Kier molecular flexibility index (Phi) is 2.42. The molecule has 0 bridgehead atoms. The monoisotopic (exact) mass is 217 g/mol. The Hall–Kier alpha value is -1.84. The molecule has 0 unspecified atom stereocenters. The van der Waals surface area contributed by atoms with Crippen LogP contribution in [0.25, 0.3) is 10.9 Å². The molecule has 0 atom stereocenters. The zero-order chi connectivity index (χ0) is 11.8. The van der Waals surface area contributed by atoms with Crippen molar-refractivity contribution < 1.29 is 0 Å². The highest BCUT2D eigenvalue weighted by Crippen LogP contribution is 2.11. The van der Waals surface area contributed by atoms with Gasteiger partial charge in [-0.2, -0.15) is 0 Å². The molecule has 0 spiro atoms. The van der Waals surface area contributed by atoms with Crippen LogP contribution in [0.3, 0.4) is 0 Å². The first-order chi connectivity index (χ1) is 7.46. The molecule has 0 fully saturated rings. The van der Waals surface area contributed by atoms with Crippen LogP contribution in [0.1, 0.15) is 20.8 Å². The second-order valence-corrected chi connectivity index (χ2v) is 4.81. The Morgan fingerprint density at radius 2 is 1.94 bits per heavy atom. The summed E-state index contributed by atoms with van der Waals surface area (Å²) in [5.74, 6) is 0.510. The van der Waals surface area contributed by atoms with Crippen LogP contribution in [0.2, 0.25) is 0 Å². The van der Waals surface area contributed by atoms with E-state index in [2.05, 4.69) is 15.3 Å². The molecule has 0 radical (unpaired) electrons. The summed E-state index contributed by atoms with van der Waals surface area (Å²) in [7, 11) is 0. The number of aromatic nitrogens is 2. The maximum Gasteiger partial charge on any atom is 0.260 e. The number of nitrogens with zero attached hydrogens (tertiary/aromatic N) is 1. The lowest BCUT2D eigenvalue weighted by Crippen LogP contribution is -2.28. The molecule has 0 amide bonds. The van der Waals surface area contributed by atoms with Gasteiger partial charge in [-0.15, -0.1) is 0 Å². The minimum absolute atomic E-state index is 0.114. The SMILES string of the molecule is CC(C)(C)Nc1nc2ccccc2c(=O)[nH]1. The quantitative estimate of drug-likeness (QED) is 0.769. The van der Waals surface area contributed by atoms with Gasteiger partial charge in [0.15, 0.2) is 0 Å². The minimum Gasteiger partial charge on any atom is -0.351 e. The summed E-state index contributed by atoms with van der Waals surface area (Å²) in [6.07, 6.45) is 0. The Labute approximate surface area is 93.7 Å². The molecule has 0 saturated carbocycles. The molecule has 1 aromatic carbocycles. The lowest BCUT2D eigenvalue weighted by atomic mass is 10.1. The van der Waals surface area contributed by atoms with E-state index in [0.717, 1.165) is 0 Å². The molecule has 0 aliphatic rings. The molecule has 0 aliphatic heterocycles. The average molecular weight is 217 g/mol. The topological polar surface area (TPSA) is 57.8 Å². The first-order valence-corrected chi connectivity index (χ1v) is 5.23. The number of H-pyrrole nitrogens is 1. The van der Waals surface area contributed by atoms with Gasteiger partial charge in [0.05, 0.1) is 10.9 Å². The van der Waals surface area contributed by atoms with Crippen LogP contribution in [-0.4, -0.2) is 15.5 Å². The van der Waals surface area contributed by atoms with Crippen molar-refractivity contribution in [1.82, 2.24) is 9.97 Å². The van der Waals surface area contributed by atoms with E-state index in [-0.39, 0.29) is 11.1 Å². The Balaban J connectivity index is 2.54. The van der Waals surface area contributed by atoms with Crippen LogP contribution in [0, 0.1) is 0 Å². The lowest BCUT2D eigenvalue weighted by molar-refractivity contribution is 0.626. The summed E-state index contributed by atoms with van der Waals surface area (Å²) in [6.45, 7) is 6.05. The molecule has 0 saturated heterocycles. The van der Waals surface area contributed by atoms with E-state index in [0.29, 0.717) is 16.9 Å². The standard InChI is InChI=1S/C12H15N3O/c1-12(2,3)15-11-13-9-7-5-4-6-8(9)10(16)14-11/h4-7H,1-3H3,(H2,13,14,15,16). The molecule has 2 N–H and O–H groups in total. The van der Waals surface area contributed by atoms with Gasteiger partial charge < -0.3 is 5.32 Å². The maximum absolute atomic E-state index is 11.7. The Morgan fingerprint density at radius 3 is 2.62 bits per heavy atom. The fraction of sp³-hybridized carbons (Fsp3) is 0.333. The van der Waals surface area contributed by atoms with E-state index in [1.54, 1.807) is 6.07 Å². The molecule has 0 aliphatic carbocycles. The molecule has 4 nitrogen and oxygen atoms in total. The van der Waals surface area contributed by atoms with Crippen LogP contribution < -0.4 is 10.9 Å². The average Bonchev–Trinajstić information content (AvgIpc) is 2.15. The zero-order valence-electron chi connectivity index (χ0n) is 9.66. The van der Waals surface area contributed by atoms with E-state index >= 15 is 0 Å². The van der Waals surface area contributed by atoms with Gasteiger partial charge in [0.2, 0.25) is 5.95 Å². The maximum atomic E-state index is 11.7. The Morgan fingerprint density at radius 1 is 1.25 bits per heavy atom. The van der Waals surface area contributed by atoms with Gasteiger partial charge in [-0.25, -0.2) is 4.98 Å². The van der Waals surface area contributed by atoms with E-state index < -0.39 is 0 Å². The molecule has 16 heavy (non-hydrogen) atoms. The summed E-state index contributed by atoms with van der Waals surface area (Å²) in [6, 6.07) is 7.30. The van der Waals surface area contributed by atoms with Crippen LogP contribution >= 0.6 is 0 Å². The molecule has 2 rings (SSSR count). The van der Waals surface area contributed by atoms with Gasteiger partial charge in [-0.1, -0.05) is 12.1 Å². The molecule has 2 aromatic rings. The predicted octanol–water partition coefficient (Wildman–Crippen LogP) is 2.13. The third-order valence-electron chi connectivity index (χ3n) is 2.11. The number of fused-ring (bicyclic) bond motifs is 1. The first kappa shape index (κ1) is 10.7. The Bertz CT molecular complexity index is 566. The number of anilines is 1. The van der Waals surface area contributed by atoms with E-state index in [9.17, 15) is 4.79 Å². The summed E-state index contributed by atoms with van der Waals surface area (Å²) in [5.41, 5.74) is 0.466. The van der Waals surface area contributed by atoms with Crippen LogP contribution in [0.4, 0.5) is 5.95 Å². The van der Waals surface area contributed by atoms with Crippen molar-refractivity contribution in [2.24, 2.45) is 0 Å². The predicted molar refractivity (Wildman–Crippen MR) is 65.7 cm³/mol. The fourth-order valence-electron chi connectivity index (χ4n) is 1.50. The number of aromatic amines is 1. The first-order valence-electron chi connectivity index (χ1n) is 5.23. The highest BCUT2D eigenvalue weighted by atomic mass is 16.1. The van der Waals surface area contributed by atoms with Crippen molar-refractivity contribution in [3.05, 3.63) is 34.6 Å². The summed E-state index contributed by atoms with van der Waals surface area (Å²) < 4.78 is 0. The minimum atomic E-state index is -0.127. The largest absolute Gasteiger partial charge is 0.351 e. The van der Waals surface area contributed by atoms with E-state index in [4.69, 9.17) is 0 Å². The molecule has 84 valence electrons. The second kappa shape index (κ2) is 3.63. The fourth-order valence-corrected chi connectivity index (χ4v) is 1.50. The normalized spacial score (nSPS) is 11.7. The number of rotatable bonds is 1.